The zero-order chi connectivity index (χ0) is 21.8. The van der Waals surface area contributed by atoms with Crippen molar-refractivity contribution in [2.75, 3.05) is 5.75 Å². The predicted molar refractivity (Wildman–Crippen MR) is 123 cm³/mol. The number of benzene rings is 2. The molecule has 0 saturated heterocycles. The van der Waals surface area contributed by atoms with Crippen LogP contribution in [0, 0.1) is 0 Å². The topological polar surface area (TPSA) is 92.7 Å². The number of fused-ring (bicyclic) bond motifs is 1. The quantitative estimate of drug-likeness (QED) is 0.328. The Bertz CT molecular complexity index is 1280. The van der Waals surface area contributed by atoms with Crippen LogP contribution in [0.3, 0.4) is 0 Å². The Morgan fingerprint density at radius 1 is 1.16 bits per heavy atom. The first-order valence-electron chi connectivity index (χ1n) is 9.75. The van der Waals surface area contributed by atoms with Gasteiger partial charge in [-0.05, 0) is 29.7 Å². The van der Waals surface area contributed by atoms with E-state index in [1.165, 1.54) is 28.1 Å². The van der Waals surface area contributed by atoms with E-state index in [0.29, 0.717) is 33.4 Å². The molecule has 0 aliphatic carbocycles. The van der Waals surface area contributed by atoms with E-state index in [1.54, 1.807) is 24.3 Å². The van der Waals surface area contributed by atoms with Gasteiger partial charge in [-0.25, -0.2) is 4.98 Å². The number of aromatic amines is 1. The molecule has 0 atom stereocenters. The Hall–Kier alpha value is -3.10. The molecule has 0 aliphatic heterocycles. The number of aryl methyl sites for hydroxylation is 1. The molecule has 2 aromatic heterocycles. The molecule has 2 aromatic carbocycles. The summed E-state index contributed by atoms with van der Waals surface area (Å²) in [6.45, 7) is 2.54. The average Bonchev–Trinajstić information content (AvgIpc) is 3.26. The van der Waals surface area contributed by atoms with Crippen LogP contribution >= 0.6 is 23.4 Å². The summed E-state index contributed by atoms with van der Waals surface area (Å²) in [6, 6.07) is 15.1. The molecule has 1 amide bonds. The maximum atomic E-state index is 13.1. The third-order valence-electron chi connectivity index (χ3n) is 4.80. The Morgan fingerprint density at radius 3 is 2.65 bits per heavy atom. The summed E-state index contributed by atoms with van der Waals surface area (Å²) in [6.07, 6.45) is 2.41. The van der Waals surface area contributed by atoms with Crippen LogP contribution in [0.5, 0.6) is 0 Å². The van der Waals surface area contributed by atoms with Crippen LogP contribution < -0.4 is 10.9 Å². The van der Waals surface area contributed by atoms with Crippen LogP contribution in [0.15, 0.2) is 64.7 Å². The van der Waals surface area contributed by atoms with E-state index in [0.717, 1.165) is 12.0 Å². The first-order valence-corrected chi connectivity index (χ1v) is 11.1. The molecule has 0 radical (unpaired) electrons. The van der Waals surface area contributed by atoms with E-state index >= 15 is 0 Å². The molecule has 0 spiro atoms. The number of para-hydroxylation sites is 1. The molecule has 0 bridgehead atoms. The lowest BCUT2D eigenvalue weighted by molar-refractivity contribution is -0.118. The van der Waals surface area contributed by atoms with Crippen LogP contribution in [0.25, 0.3) is 16.7 Å². The number of nitrogens with zero attached hydrogens (tertiary/aromatic N) is 3. The second-order valence-electron chi connectivity index (χ2n) is 6.85. The van der Waals surface area contributed by atoms with Crippen molar-refractivity contribution in [1.29, 1.82) is 0 Å². The third kappa shape index (κ3) is 4.65. The Balaban J connectivity index is 1.53. The molecule has 4 rings (SSSR count). The summed E-state index contributed by atoms with van der Waals surface area (Å²) >= 11 is 7.50. The number of nitrogens with one attached hydrogen (secondary N) is 2. The van der Waals surface area contributed by atoms with Gasteiger partial charge in [0.15, 0.2) is 10.8 Å². The summed E-state index contributed by atoms with van der Waals surface area (Å²) in [5.74, 6) is -0.0573. The highest BCUT2D eigenvalue weighted by atomic mass is 35.5. The molecule has 4 aromatic rings. The number of halogens is 1. The minimum absolute atomic E-state index is 0.101. The second-order valence-corrected chi connectivity index (χ2v) is 8.20. The summed E-state index contributed by atoms with van der Waals surface area (Å²) in [5.41, 5.74) is 2.85. The standard InChI is InChI=1S/C22H20ClN5O2S/c1-2-14-7-9-15(10-8-14)11-24-19(29)13-31-22-26-20-16(12-25-27-20)21(30)28(22)18-6-4-3-5-17(18)23/h3-10,12H,2,11,13H2,1H3,(H,24,29)(H,25,27). The van der Waals surface area contributed by atoms with Gasteiger partial charge in [0.1, 0.15) is 5.39 Å². The lowest BCUT2D eigenvalue weighted by Gasteiger charge is -2.13. The Labute approximate surface area is 187 Å². The lowest BCUT2D eigenvalue weighted by atomic mass is 10.1. The predicted octanol–water partition coefficient (Wildman–Crippen LogP) is 3.73. The number of hydrogen-bond acceptors (Lipinski definition) is 5. The number of thioether (sulfide) groups is 1. The summed E-state index contributed by atoms with van der Waals surface area (Å²) in [4.78, 5) is 30.0. The van der Waals surface area contributed by atoms with Crippen molar-refractivity contribution in [2.45, 2.75) is 25.0 Å². The molecule has 2 N–H and O–H groups in total. The van der Waals surface area contributed by atoms with E-state index in [9.17, 15) is 9.59 Å². The Kier molecular flexibility index (Phi) is 6.39. The fourth-order valence-electron chi connectivity index (χ4n) is 3.09. The molecular weight excluding hydrogens is 434 g/mol. The van der Waals surface area contributed by atoms with Gasteiger partial charge in [0.25, 0.3) is 5.56 Å². The van der Waals surface area contributed by atoms with Crippen LogP contribution in [-0.4, -0.2) is 31.4 Å². The van der Waals surface area contributed by atoms with Gasteiger partial charge in [-0.1, -0.05) is 66.7 Å². The molecule has 9 heteroatoms. The number of carbonyl (C=O) groups is 1. The van der Waals surface area contributed by atoms with E-state index in [-0.39, 0.29) is 17.2 Å². The maximum absolute atomic E-state index is 13.1. The summed E-state index contributed by atoms with van der Waals surface area (Å²) < 4.78 is 1.42. The molecule has 0 fully saturated rings. The van der Waals surface area contributed by atoms with Gasteiger partial charge < -0.3 is 5.32 Å². The molecule has 7 nitrogen and oxygen atoms in total. The zero-order valence-corrected chi connectivity index (χ0v) is 18.3. The van der Waals surface area contributed by atoms with Crippen molar-refractivity contribution in [3.63, 3.8) is 0 Å². The van der Waals surface area contributed by atoms with Crippen LogP contribution in [0.1, 0.15) is 18.1 Å². The number of aromatic nitrogens is 4. The number of H-pyrrole nitrogens is 1. The first kappa shape index (κ1) is 21.1. The number of amides is 1. The molecule has 2 heterocycles. The Morgan fingerprint density at radius 2 is 1.90 bits per heavy atom. The van der Waals surface area contributed by atoms with Crippen molar-refractivity contribution in [1.82, 2.24) is 25.1 Å². The highest BCUT2D eigenvalue weighted by Crippen LogP contribution is 2.25. The number of hydrogen-bond donors (Lipinski definition) is 2. The minimum atomic E-state index is -0.300. The molecule has 0 aliphatic rings. The van der Waals surface area contributed by atoms with Crippen molar-refractivity contribution in [3.05, 3.63) is 81.2 Å². The first-order chi connectivity index (χ1) is 15.1. The van der Waals surface area contributed by atoms with Gasteiger partial charge in [0.05, 0.1) is 22.7 Å². The van der Waals surface area contributed by atoms with E-state index < -0.39 is 0 Å². The highest BCUT2D eigenvalue weighted by Gasteiger charge is 2.17. The van der Waals surface area contributed by atoms with Crippen molar-refractivity contribution < 1.29 is 4.79 Å². The fourth-order valence-corrected chi connectivity index (χ4v) is 4.14. The smallest absolute Gasteiger partial charge is 0.269 e. The summed E-state index contributed by atoms with van der Waals surface area (Å²) in [5, 5.41) is 10.7. The average molecular weight is 454 g/mol. The minimum Gasteiger partial charge on any atom is -0.351 e. The highest BCUT2D eigenvalue weighted by molar-refractivity contribution is 7.99. The van der Waals surface area contributed by atoms with Crippen LogP contribution in [0.2, 0.25) is 5.02 Å². The fraction of sp³-hybridized carbons (Fsp3) is 0.182. The van der Waals surface area contributed by atoms with E-state index in [4.69, 9.17) is 11.6 Å². The summed E-state index contributed by atoms with van der Waals surface area (Å²) in [7, 11) is 0. The van der Waals surface area contributed by atoms with E-state index in [1.807, 2.05) is 12.1 Å². The van der Waals surface area contributed by atoms with Gasteiger partial charge in [-0.2, -0.15) is 5.10 Å². The monoisotopic (exact) mass is 453 g/mol. The van der Waals surface area contributed by atoms with Gasteiger partial charge in [0, 0.05) is 6.54 Å². The van der Waals surface area contributed by atoms with Crippen molar-refractivity contribution in [3.8, 4) is 5.69 Å². The number of carbonyl (C=O) groups excluding carboxylic acids is 1. The molecule has 31 heavy (non-hydrogen) atoms. The molecule has 0 unspecified atom stereocenters. The normalized spacial score (nSPS) is 11.0. The molecular formula is C22H20ClN5O2S. The van der Waals surface area contributed by atoms with Gasteiger partial charge in [-0.3, -0.25) is 19.3 Å². The zero-order valence-electron chi connectivity index (χ0n) is 16.8. The SMILES string of the molecule is CCc1ccc(CNC(=O)CSc2nc3[nH]ncc3c(=O)n2-c2ccccc2Cl)cc1. The molecule has 0 saturated carbocycles. The second kappa shape index (κ2) is 9.36. The van der Waals surface area contributed by atoms with Gasteiger partial charge in [0.2, 0.25) is 5.91 Å². The van der Waals surface area contributed by atoms with Crippen LogP contribution in [0.4, 0.5) is 0 Å². The molecule has 158 valence electrons. The van der Waals surface area contributed by atoms with Crippen LogP contribution in [-0.2, 0) is 17.8 Å². The number of rotatable bonds is 7. The van der Waals surface area contributed by atoms with Crippen molar-refractivity contribution >= 4 is 40.3 Å². The maximum Gasteiger partial charge on any atom is 0.269 e. The van der Waals surface area contributed by atoms with Gasteiger partial charge in [-0.15, -0.1) is 0 Å². The lowest BCUT2D eigenvalue weighted by Crippen LogP contribution is -2.26. The van der Waals surface area contributed by atoms with Gasteiger partial charge >= 0.3 is 0 Å². The van der Waals surface area contributed by atoms with Crippen molar-refractivity contribution in [2.24, 2.45) is 0 Å². The largest absolute Gasteiger partial charge is 0.351 e. The van der Waals surface area contributed by atoms with E-state index in [2.05, 4.69) is 39.6 Å². The third-order valence-corrected chi connectivity index (χ3v) is 6.06.